The highest BCUT2D eigenvalue weighted by Gasteiger charge is 2.30. The molecule has 1 fully saturated rings. The van der Waals surface area contributed by atoms with E-state index in [-0.39, 0.29) is 22.4 Å². The van der Waals surface area contributed by atoms with E-state index in [1.807, 2.05) is 31.2 Å². The van der Waals surface area contributed by atoms with Gasteiger partial charge in [0.25, 0.3) is 5.91 Å². The molecule has 7 heteroatoms. The molecule has 1 aliphatic rings. The highest BCUT2D eigenvalue weighted by molar-refractivity contribution is 7.89. The van der Waals surface area contributed by atoms with Gasteiger partial charge in [0.2, 0.25) is 10.0 Å². The van der Waals surface area contributed by atoms with Crippen molar-refractivity contribution in [3.8, 4) is 5.75 Å². The minimum absolute atomic E-state index is 0.0768. The van der Waals surface area contributed by atoms with E-state index in [1.54, 1.807) is 25.3 Å². The van der Waals surface area contributed by atoms with E-state index in [0.29, 0.717) is 19.5 Å². The van der Waals surface area contributed by atoms with Gasteiger partial charge in [-0.15, -0.1) is 0 Å². The maximum atomic E-state index is 13.1. The number of ether oxygens (including phenoxy) is 1. The van der Waals surface area contributed by atoms with Crippen LogP contribution in [0.15, 0.2) is 53.4 Å². The van der Waals surface area contributed by atoms with Crippen molar-refractivity contribution in [2.75, 3.05) is 20.2 Å². The number of rotatable bonds is 7. The van der Waals surface area contributed by atoms with E-state index in [2.05, 4.69) is 5.32 Å². The Morgan fingerprint density at radius 2 is 1.83 bits per heavy atom. The van der Waals surface area contributed by atoms with Gasteiger partial charge in [0.15, 0.2) is 0 Å². The summed E-state index contributed by atoms with van der Waals surface area (Å²) in [5.41, 5.74) is 1.22. The molecular weight excluding hydrogens is 388 g/mol. The molecular formula is C22H28N2O4S. The van der Waals surface area contributed by atoms with Crippen LogP contribution in [0.25, 0.3) is 0 Å². The van der Waals surface area contributed by atoms with Gasteiger partial charge in [0.1, 0.15) is 5.75 Å². The van der Waals surface area contributed by atoms with Gasteiger partial charge in [-0.25, -0.2) is 8.42 Å². The van der Waals surface area contributed by atoms with Crippen LogP contribution < -0.4 is 10.1 Å². The molecule has 0 bridgehead atoms. The average molecular weight is 417 g/mol. The van der Waals surface area contributed by atoms with Crippen molar-refractivity contribution in [3.05, 3.63) is 59.7 Å². The first-order valence-corrected chi connectivity index (χ1v) is 11.4. The van der Waals surface area contributed by atoms with Crippen molar-refractivity contribution in [2.24, 2.45) is 0 Å². The molecule has 0 radical (unpaired) electrons. The fourth-order valence-electron chi connectivity index (χ4n) is 3.63. The van der Waals surface area contributed by atoms with E-state index in [9.17, 15) is 13.2 Å². The van der Waals surface area contributed by atoms with Gasteiger partial charge in [-0.1, -0.05) is 30.7 Å². The number of nitrogens with zero attached hydrogens (tertiary/aromatic N) is 1. The van der Waals surface area contributed by atoms with Crippen molar-refractivity contribution in [3.63, 3.8) is 0 Å². The summed E-state index contributed by atoms with van der Waals surface area (Å²) in [6, 6.07) is 14.0. The number of piperidine rings is 1. The average Bonchev–Trinajstić information content (AvgIpc) is 2.74. The standard InChI is InChI=1S/C22H28N2O4S/c1-17(15-18-9-8-10-19(16-18)28-2)23-22(25)20-11-4-5-12-21(20)29(26,27)24-13-6-3-7-14-24/h4-5,8-12,16-17H,3,6-7,13-15H2,1-2H3,(H,23,25). The molecule has 2 aromatic carbocycles. The van der Waals surface area contributed by atoms with Crippen LogP contribution in [-0.4, -0.2) is 44.9 Å². The first-order valence-electron chi connectivity index (χ1n) is 9.95. The molecule has 29 heavy (non-hydrogen) atoms. The van der Waals surface area contributed by atoms with E-state index in [0.717, 1.165) is 30.6 Å². The highest BCUT2D eigenvalue weighted by atomic mass is 32.2. The maximum Gasteiger partial charge on any atom is 0.252 e. The van der Waals surface area contributed by atoms with Crippen LogP contribution in [0.1, 0.15) is 42.1 Å². The second-order valence-corrected chi connectivity index (χ2v) is 9.30. The smallest absolute Gasteiger partial charge is 0.252 e. The first-order chi connectivity index (χ1) is 13.9. The zero-order valence-electron chi connectivity index (χ0n) is 16.9. The normalized spacial score (nSPS) is 16.2. The molecule has 0 saturated carbocycles. The molecule has 6 nitrogen and oxygen atoms in total. The lowest BCUT2D eigenvalue weighted by Crippen LogP contribution is -2.38. The summed E-state index contributed by atoms with van der Waals surface area (Å²) in [5, 5.41) is 2.93. The minimum Gasteiger partial charge on any atom is -0.497 e. The molecule has 156 valence electrons. The van der Waals surface area contributed by atoms with Crippen molar-refractivity contribution in [1.82, 2.24) is 9.62 Å². The minimum atomic E-state index is -3.69. The quantitative estimate of drug-likeness (QED) is 0.752. The van der Waals surface area contributed by atoms with Crippen LogP contribution >= 0.6 is 0 Å². The summed E-state index contributed by atoms with van der Waals surface area (Å²) >= 11 is 0. The number of methoxy groups -OCH3 is 1. The van der Waals surface area contributed by atoms with Gasteiger partial charge in [0.05, 0.1) is 17.6 Å². The fourth-order valence-corrected chi connectivity index (χ4v) is 5.34. The third-order valence-corrected chi connectivity index (χ3v) is 7.07. The van der Waals surface area contributed by atoms with Gasteiger partial charge < -0.3 is 10.1 Å². The van der Waals surface area contributed by atoms with E-state index in [1.165, 1.54) is 10.4 Å². The number of sulfonamides is 1. The van der Waals surface area contributed by atoms with Gasteiger partial charge in [-0.2, -0.15) is 4.31 Å². The Morgan fingerprint density at radius 3 is 2.55 bits per heavy atom. The summed E-state index contributed by atoms with van der Waals surface area (Å²) in [4.78, 5) is 13.0. The number of nitrogens with one attached hydrogen (secondary N) is 1. The monoisotopic (exact) mass is 416 g/mol. The van der Waals surface area contributed by atoms with E-state index < -0.39 is 10.0 Å². The Kier molecular flexibility index (Phi) is 6.92. The molecule has 0 aliphatic carbocycles. The third kappa shape index (κ3) is 5.16. The molecule has 1 aliphatic heterocycles. The molecule has 1 atom stereocenters. The Balaban J connectivity index is 1.75. The van der Waals surface area contributed by atoms with Gasteiger partial charge in [-0.05, 0) is 56.0 Å². The predicted octanol–water partition coefficient (Wildman–Crippen LogP) is 3.23. The molecule has 2 aromatic rings. The van der Waals surface area contributed by atoms with Gasteiger partial charge in [-0.3, -0.25) is 4.79 Å². The summed E-state index contributed by atoms with van der Waals surface area (Å²) in [7, 11) is -2.07. The molecule has 0 spiro atoms. The topological polar surface area (TPSA) is 75.7 Å². The van der Waals surface area contributed by atoms with E-state index in [4.69, 9.17) is 4.74 Å². The zero-order valence-corrected chi connectivity index (χ0v) is 17.7. The SMILES string of the molecule is COc1cccc(CC(C)NC(=O)c2ccccc2S(=O)(=O)N2CCCCC2)c1. The maximum absolute atomic E-state index is 13.1. The lowest BCUT2D eigenvalue weighted by atomic mass is 10.1. The number of carbonyl (C=O) groups is 1. The second-order valence-electron chi connectivity index (χ2n) is 7.39. The Bertz CT molecular complexity index is 953. The molecule has 3 rings (SSSR count). The summed E-state index contributed by atoms with van der Waals surface area (Å²) in [6.45, 7) is 2.91. The Morgan fingerprint density at radius 1 is 1.10 bits per heavy atom. The van der Waals surface area contributed by atoms with Crippen LogP contribution in [0.5, 0.6) is 5.75 Å². The molecule has 1 amide bonds. The second kappa shape index (κ2) is 9.41. The van der Waals surface area contributed by atoms with Gasteiger partial charge in [0, 0.05) is 19.1 Å². The summed E-state index contributed by atoms with van der Waals surface area (Å²) in [5.74, 6) is 0.385. The lowest BCUT2D eigenvalue weighted by Gasteiger charge is -2.26. The van der Waals surface area contributed by atoms with Crippen LogP contribution in [0, 0.1) is 0 Å². The molecule has 1 saturated heterocycles. The number of carbonyl (C=O) groups excluding carboxylic acids is 1. The molecule has 1 unspecified atom stereocenters. The Hall–Kier alpha value is -2.38. The lowest BCUT2D eigenvalue weighted by molar-refractivity contribution is 0.0936. The van der Waals surface area contributed by atoms with Crippen molar-refractivity contribution in [2.45, 2.75) is 43.5 Å². The fraction of sp³-hybridized carbons (Fsp3) is 0.409. The largest absolute Gasteiger partial charge is 0.497 e. The molecule has 1 N–H and O–H groups in total. The van der Waals surface area contributed by atoms with E-state index >= 15 is 0 Å². The Labute approximate surface area is 172 Å². The number of benzene rings is 2. The van der Waals surface area contributed by atoms with Crippen molar-refractivity contribution >= 4 is 15.9 Å². The first kappa shape index (κ1) is 21.3. The number of amides is 1. The highest BCUT2D eigenvalue weighted by Crippen LogP contribution is 2.24. The predicted molar refractivity (Wildman–Crippen MR) is 113 cm³/mol. The van der Waals surface area contributed by atoms with Crippen molar-refractivity contribution in [1.29, 1.82) is 0 Å². The summed E-state index contributed by atoms with van der Waals surface area (Å²) in [6.07, 6.45) is 3.36. The van der Waals surface area contributed by atoms with Crippen molar-refractivity contribution < 1.29 is 17.9 Å². The molecule has 0 aromatic heterocycles. The van der Waals surface area contributed by atoms with Crippen LogP contribution in [0.2, 0.25) is 0 Å². The van der Waals surface area contributed by atoms with Crippen LogP contribution in [-0.2, 0) is 16.4 Å². The number of hydrogen-bond donors (Lipinski definition) is 1. The zero-order chi connectivity index (χ0) is 20.9. The summed E-state index contributed by atoms with van der Waals surface area (Å²) < 4.78 is 32.9. The number of hydrogen-bond acceptors (Lipinski definition) is 4. The van der Waals surface area contributed by atoms with Crippen LogP contribution in [0.4, 0.5) is 0 Å². The molecule has 1 heterocycles. The van der Waals surface area contributed by atoms with Gasteiger partial charge >= 0.3 is 0 Å². The van der Waals surface area contributed by atoms with Crippen LogP contribution in [0.3, 0.4) is 0 Å². The third-order valence-electron chi connectivity index (χ3n) is 5.12.